The van der Waals surface area contributed by atoms with Crippen LogP contribution in [-0.4, -0.2) is 30.5 Å². The van der Waals surface area contributed by atoms with Gasteiger partial charge in [-0.1, -0.05) is 38.1 Å². The topological polar surface area (TPSA) is 118 Å². The van der Waals surface area contributed by atoms with Crippen LogP contribution in [0.5, 0.6) is 0 Å². The Kier molecular flexibility index (Phi) is 5.85. The van der Waals surface area contributed by atoms with Crippen molar-refractivity contribution in [1.82, 2.24) is 0 Å². The van der Waals surface area contributed by atoms with Crippen LogP contribution in [0.3, 0.4) is 0 Å². The maximum absolute atomic E-state index is 13.3. The first kappa shape index (κ1) is 20.4. The van der Waals surface area contributed by atoms with E-state index in [1.165, 1.54) is 31.2 Å². The second kappa shape index (κ2) is 7.75. The van der Waals surface area contributed by atoms with E-state index in [2.05, 4.69) is 0 Å². The molecule has 1 atom stereocenters. The van der Waals surface area contributed by atoms with Gasteiger partial charge in [-0.05, 0) is 30.5 Å². The van der Waals surface area contributed by atoms with Crippen molar-refractivity contribution >= 4 is 27.4 Å². The van der Waals surface area contributed by atoms with E-state index in [1.807, 2.05) is 13.8 Å². The Bertz CT molecular complexity index is 971. The van der Waals surface area contributed by atoms with E-state index in [9.17, 15) is 28.4 Å². The fourth-order valence-corrected chi connectivity index (χ4v) is 4.37. The van der Waals surface area contributed by atoms with E-state index < -0.39 is 32.6 Å². The maximum Gasteiger partial charge on any atom is 0.327 e. The van der Waals surface area contributed by atoms with Crippen LogP contribution in [0.25, 0.3) is 0 Å². The van der Waals surface area contributed by atoms with Crippen LogP contribution in [-0.2, 0) is 14.8 Å². The molecule has 0 radical (unpaired) electrons. The van der Waals surface area contributed by atoms with Gasteiger partial charge in [0.25, 0.3) is 15.7 Å². The quantitative estimate of drug-likeness (QED) is 0.570. The van der Waals surface area contributed by atoms with Gasteiger partial charge in [0.2, 0.25) is 0 Å². The van der Waals surface area contributed by atoms with E-state index in [1.54, 1.807) is 18.2 Å². The number of non-ortho nitro benzene ring substituents is 1. The lowest BCUT2D eigenvalue weighted by Gasteiger charge is -2.30. The minimum absolute atomic E-state index is 0.0648. The number of nitro benzene ring substituents is 1. The first-order valence-electron chi connectivity index (χ1n) is 8.18. The summed E-state index contributed by atoms with van der Waals surface area (Å²) in [5.74, 6) is -1.40. The van der Waals surface area contributed by atoms with Gasteiger partial charge in [0.05, 0.1) is 15.5 Å². The molecule has 144 valence electrons. The molecule has 8 nitrogen and oxygen atoms in total. The molecule has 0 saturated carbocycles. The van der Waals surface area contributed by atoms with Gasteiger partial charge >= 0.3 is 5.97 Å². The highest BCUT2D eigenvalue weighted by Gasteiger charge is 2.35. The molecular formula is C18H20N2O6S. The second-order valence-corrected chi connectivity index (χ2v) is 8.10. The minimum Gasteiger partial charge on any atom is -0.480 e. The number of benzene rings is 2. The molecule has 0 amide bonds. The predicted molar refractivity (Wildman–Crippen MR) is 100 cm³/mol. The van der Waals surface area contributed by atoms with E-state index in [0.717, 1.165) is 10.4 Å². The van der Waals surface area contributed by atoms with Gasteiger partial charge in [0.1, 0.15) is 6.04 Å². The molecule has 0 aliphatic rings. The summed E-state index contributed by atoms with van der Waals surface area (Å²) in [5.41, 5.74) is 0.490. The third kappa shape index (κ3) is 4.08. The standard InChI is InChI=1S/C18H20N2O6S/c1-12(2)16-9-4-5-10-17(16)19(13(3)18(21)22)27(25,26)15-8-6-7-14(11-15)20(23)24/h4-13H,1-3H3,(H,21,22). The average molecular weight is 392 g/mol. The zero-order valence-electron chi connectivity index (χ0n) is 15.1. The van der Waals surface area contributed by atoms with E-state index in [-0.39, 0.29) is 16.5 Å². The monoisotopic (exact) mass is 392 g/mol. The van der Waals surface area contributed by atoms with Gasteiger partial charge < -0.3 is 5.11 Å². The van der Waals surface area contributed by atoms with Crippen molar-refractivity contribution in [2.75, 3.05) is 4.31 Å². The fourth-order valence-electron chi connectivity index (χ4n) is 2.69. The summed E-state index contributed by atoms with van der Waals surface area (Å²) in [5, 5.41) is 20.5. The van der Waals surface area contributed by atoms with Crippen LogP contribution in [0, 0.1) is 10.1 Å². The highest BCUT2D eigenvalue weighted by molar-refractivity contribution is 7.93. The molecule has 0 aromatic heterocycles. The Morgan fingerprint density at radius 1 is 1.11 bits per heavy atom. The SMILES string of the molecule is CC(C)c1ccccc1N(C(C)C(=O)O)S(=O)(=O)c1cccc([N+](=O)[O-])c1. The molecule has 0 aliphatic heterocycles. The van der Waals surface area contributed by atoms with Crippen LogP contribution in [0.15, 0.2) is 53.4 Å². The number of carbonyl (C=O) groups is 1. The van der Waals surface area contributed by atoms with Crippen LogP contribution in [0.1, 0.15) is 32.3 Å². The molecule has 0 aliphatic carbocycles. The molecule has 0 spiro atoms. The normalized spacial score (nSPS) is 12.6. The minimum atomic E-state index is -4.36. The molecule has 2 rings (SSSR count). The number of para-hydroxylation sites is 1. The smallest absolute Gasteiger partial charge is 0.327 e. The number of sulfonamides is 1. The number of aliphatic carboxylic acids is 1. The Labute approximate surface area is 157 Å². The number of hydrogen-bond donors (Lipinski definition) is 1. The van der Waals surface area contributed by atoms with Gasteiger partial charge in [-0.3, -0.25) is 14.4 Å². The number of nitrogens with zero attached hydrogens (tertiary/aromatic N) is 2. The number of carboxylic acid groups (broad SMARTS) is 1. The lowest BCUT2D eigenvalue weighted by atomic mass is 10.0. The third-order valence-corrected chi connectivity index (χ3v) is 5.97. The van der Waals surface area contributed by atoms with Gasteiger partial charge in [0.15, 0.2) is 0 Å². The van der Waals surface area contributed by atoms with Crippen molar-refractivity contribution in [3.05, 3.63) is 64.2 Å². The molecule has 2 aromatic rings. The first-order valence-corrected chi connectivity index (χ1v) is 9.62. The van der Waals surface area contributed by atoms with E-state index in [0.29, 0.717) is 5.56 Å². The van der Waals surface area contributed by atoms with Crippen molar-refractivity contribution < 1.29 is 23.2 Å². The summed E-state index contributed by atoms with van der Waals surface area (Å²) in [4.78, 5) is 21.6. The molecule has 1 unspecified atom stereocenters. The lowest BCUT2D eigenvalue weighted by molar-refractivity contribution is -0.385. The highest BCUT2D eigenvalue weighted by Crippen LogP contribution is 2.34. The van der Waals surface area contributed by atoms with Crippen molar-refractivity contribution in [1.29, 1.82) is 0 Å². The third-order valence-electron chi connectivity index (χ3n) is 4.09. The van der Waals surface area contributed by atoms with Gasteiger partial charge in [-0.15, -0.1) is 0 Å². The molecule has 1 N–H and O–H groups in total. The number of carboxylic acids is 1. The Hall–Kier alpha value is -2.94. The summed E-state index contributed by atoms with van der Waals surface area (Å²) in [7, 11) is -4.36. The largest absolute Gasteiger partial charge is 0.480 e. The Morgan fingerprint density at radius 3 is 2.30 bits per heavy atom. The number of rotatable bonds is 7. The molecule has 27 heavy (non-hydrogen) atoms. The molecular weight excluding hydrogens is 372 g/mol. The van der Waals surface area contributed by atoms with Crippen molar-refractivity contribution in [3.63, 3.8) is 0 Å². The number of anilines is 1. The second-order valence-electron chi connectivity index (χ2n) is 6.28. The number of nitro groups is 1. The van der Waals surface area contributed by atoms with Crippen molar-refractivity contribution in [2.24, 2.45) is 0 Å². The highest BCUT2D eigenvalue weighted by atomic mass is 32.2. The van der Waals surface area contributed by atoms with E-state index >= 15 is 0 Å². The van der Waals surface area contributed by atoms with Gasteiger partial charge in [-0.2, -0.15) is 0 Å². The zero-order chi connectivity index (χ0) is 20.4. The van der Waals surface area contributed by atoms with Crippen LogP contribution in [0.2, 0.25) is 0 Å². The number of hydrogen-bond acceptors (Lipinski definition) is 5. The Balaban J connectivity index is 2.74. The summed E-state index contributed by atoms with van der Waals surface area (Å²) >= 11 is 0. The van der Waals surface area contributed by atoms with Crippen molar-refractivity contribution in [3.8, 4) is 0 Å². The fraction of sp³-hybridized carbons (Fsp3) is 0.278. The summed E-state index contributed by atoms with van der Waals surface area (Å²) in [6.45, 7) is 4.99. The molecule has 2 aromatic carbocycles. The van der Waals surface area contributed by atoms with E-state index in [4.69, 9.17) is 0 Å². The summed E-state index contributed by atoms with van der Waals surface area (Å²) < 4.78 is 27.3. The zero-order valence-corrected chi connectivity index (χ0v) is 15.9. The van der Waals surface area contributed by atoms with Gasteiger partial charge in [0, 0.05) is 12.1 Å². The van der Waals surface area contributed by atoms with Crippen LogP contribution >= 0.6 is 0 Å². The summed E-state index contributed by atoms with van der Waals surface area (Å²) in [6.07, 6.45) is 0. The molecule has 0 heterocycles. The average Bonchev–Trinajstić information content (AvgIpc) is 2.61. The van der Waals surface area contributed by atoms with Gasteiger partial charge in [-0.25, -0.2) is 13.2 Å². The van der Waals surface area contributed by atoms with Crippen LogP contribution < -0.4 is 4.31 Å². The van der Waals surface area contributed by atoms with Crippen molar-refractivity contribution in [2.45, 2.75) is 37.6 Å². The predicted octanol–water partition coefficient (Wildman–Crippen LogP) is 3.39. The molecule has 9 heteroatoms. The maximum atomic E-state index is 13.3. The first-order chi connectivity index (χ1) is 12.6. The summed E-state index contributed by atoms with van der Waals surface area (Å²) in [6, 6.07) is 9.77. The molecule has 0 fully saturated rings. The van der Waals surface area contributed by atoms with Crippen LogP contribution in [0.4, 0.5) is 11.4 Å². The Morgan fingerprint density at radius 2 is 1.74 bits per heavy atom. The molecule has 0 saturated heterocycles. The molecule has 0 bridgehead atoms. The lowest BCUT2D eigenvalue weighted by Crippen LogP contribution is -2.44.